The van der Waals surface area contributed by atoms with Gasteiger partial charge in [-0.05, 0) is 124 Å². The van der Waals surface area contributed by atoms with Crippen molar-refractivity contribution < 1.29 is 33.5 Å². The van der Waals surface area contributed by atoms with Gasteiger partial charge in [-0.1, -0.05) is 73.2 Å². The number of carbonyl (C=O) groups excluding carboxylic acids is 4. The first-order chi connectivity index (χ1) is 34.2. The Balaban J connectivity index is 0.731. The number of carbonyl (C=O) groups is 5. The number of piperidine rings is 1. The van der Waals surface area contributed by atoms with Crippen LogP contribution in [0.4, 0.5) is 10.1 Å². The number of nitrogens with zero attached hydrogens (tertiary/aromatic N) is 4. The summed E-state index contributed by atoms with van der Waals surface area (Å²) in [5, 5.41) is 23.3. The SMILES string of the molecule is Cn1c(=O)n(C2CCC(=O)NC2=O)c2ccc(CCCCCN3CCN(CC4CCC(NC(=O)[C@@H]5NC6(CCCCC6)[C@@]6(C(=O)Nc7cc(Cl)ccc76)[C@H]5c5cccc(Cl)c5F)CC4)[C@@H](C(=O)O)C3)cc21. The Morgan fingerprint density at radius 2 is 1.68 bits per heavy atom. The molecule has 5 fully saturated rings. The maximum Gasteiger partial charge on any atom is 0.329 e. The number of hydrogen-bond donors (Lipinski definition) is 5. The Morgan fingerprint density at radius 1 is 0.887 bits per heavy atom. The fourth-order valence-corrected chi connectivity index (χ4v) is 13.9. The number of unbranched alkanes of at least 4 members (excludes halogenated alkanes) is 2. The van der Waals surface area contributed by atoms with Gasteiger partial charge in [0.05, 0.1) is 22.1 Å². The van der Waals surface area contributed by atoms with Crippen molar-refractivity contribution >= 4 is 69.5 Å². The summed E-state index contributed by atoms with van der Waals surface area (Å²) < 4.78 is 19.4. The number of aromatic nitrogens is 2. The summed E-state index contributed by atoms with van der Waals surface area (Å²) >= 11 is 12.9. The van der Waals surface area contributed by atoms with Crippen molar-refractivity contribution in [1.82, 2.24) is 34.9 Å². The highest BCUT2D eigenvalue weighted by Gasteiger charge is 2.72. The van der Waals surface area contributed by atoms with Crippen molar-refractivity contribution in [2.75, 3.05) is 38.0 Å². The van der Waals surface area contributed by atoms with Crippen molar-refractivity contribution in [3.8, 4) is 0 Å². The number of fused-ring (bicyclic) bond motifs is 4. The third-order valence-electron chi connectivity index (χ3n) is 17.0. The molecule has 6 aliphatic rings. The molecule has 10 rings (SSSR count). The van der Waals surface area contributed by atoms with E-state index in [1.165, 1.54) is 10.6 Å². The van der Waals surface area contributed by atoms with Crippen LogP contribution in [0.5, 0.6) is 0 Å². The lowest BCUT2D eigenvalue weighted by molar-refractivity contribution is -0.146. The quantitative estimate of drug-likeness (QED) is 0.0725. The summed E-state index contributed by atoms with van der Waals surface area (Å²) in [4.78, 5) is 84.1. The van der Waals surface area contributed by atoms with E-state index >= 15 is 4.39 Å². The highest BCUT2D eigenvalue weighted by atomic mass is 35.5. The normalized spacial score (nSPS) is 27.8. The zero-order valence-electron chi connectivity index (χ0n) is 40.1. The van der Waals surface area contributed by atoms with Crippen LogP contribution in [0.15, 0.2) is 59.4 Å². The van der Waals surface area contributed by atoms with Gasteiger partial charge in [0, 0.05) is 67.9 Å². The van der Waals surface area contributed by atoms with E-state index in [1.54, 1.807) is 35.9 Å². The summed E-state index contributed by atoms with van der Waals surface area (Å²) in [7, 11) is 1.70. The lowest BCUT2D eigenvalue weighted by Crippen LogP contribution is -2.60. The van der Waals surface area contributed by atoms with Crippen molar-refractivity contribution in [2.24, 2.45) is 13.0 Å². The molecule has 3 aromatic carbocycles. The van der Waals surface area contributed by atoms with Gasteiger partial charge in [-0.2, -0.15) is 0 Å². The zero-order chi connectivity index (χ0) is 49.8. The second-order valence-corrected chi connectivity index (χ2v) is 21.9. The van der Waals surface area contributed by atoms with Crippen LogP contribution in [-0.4, -0.2) is 110 Å². The minimum Gasteiger partial charge on any atom is -0.480 e. The number of anilines is 1. The number of carboxylic acid groups (broad SMARTS) is 1. The number of aryl methyl sites for hydroxylation is 2. The number of rotatable bonds is 13. The molecule has 5 N–H and O–H groups in total. The number of benzene rings is 3. The molecule has 3 saturated heterocycles. The Morgan fingerprint density at radius 3 is 2.44 bits per heavy atom. The van der Waals surface area contributed by atoms with Crippen LogP contribution in [0.1, 0.15) is 119 Å². The molecule has 4 amide bonds. The monoisotopic (exact) mass is 1010 g/mol. The second kappa shape index (κ2) is 20.1. The summed E-state index contributed by atoms with van der Waals surface area (Å²) in [5.74, 6) is -3.41. The van der Waals surface area contributed by atoms with E-state index < -0.39 is 52.7 Å². The van der Waals surface area contributed by atoms with Crippen molar-refractivity contribution in [2.45, 2.75) is 137 Å². The second-order valence-electron chi connectivity index (χ2n) is 21.0. The molecule has 15 nitrogen and oxygen atoms in total. The molecule has 4 aliphatic heterocycles. The molecule has 378 valence electrons. The number of nitrogens with one attached hydrogen (secondary N) is 4. The van der Waals surface area contributed by atoms with Gasteiger partial charge in [-0.15, -0.1) is 0 Å². The van der Waals surface area contributed by atoms with Gasteiger partial charge >= 0.3 is 11.7 Å². The van der Waals surface area contributed by atoms with Crippen LogP contribution in [0, 0.1) is 11.7 Å². The third-order valence-corrected chi connectivity index (χ3v) is 17.5. The summed E-state index contributed by atoms with van der Waals surface area (Å²) in [6.45, 7) is 3.37. The summed E-state index contributed by atoms with van der Waals surface area (Å²) in [6, 6.07) is 13.6. The largest absolute Gasteiger partial charge is 0.480 e. The first-order valence-electron chi connectivity index (χ1n) is 25.6. The number of hydrogen-bond acceptors (Lipinski definition) is 9. The summed E-state index contributed by atoms with van der Waals surface area (Å²) in [5.41, 5.74) is 1.60. The molecule has 5 atom stereocenters. The first kappa shape index (κ1) is 49.4. The fraction of sp³-hybridized carbons (Fsp3) is 0.547. The molecular formula is C53H63Cl2FN8O7. The number of halogens is 3. The smallest absolute Gasteiger partial charge is 0.329 e. The van der Waals surface area contributed by atoms with Gasteiger partial charge in [0.25, 0.3) is 0 Å². The van der Waals surface area contributed by atoms with E-state index in [9.17, 15) is 33.9 Å². The Hall–Kier alpha value is -5.13. The van der Waals surface area contributed by atoms with Gasteiger partial charge < -0.3 is 15.7 Å². The van der Waals surface area contributed by atoms with E-state index in [0.717, 1.165) is 94.8 Å². The van der Waals surface area contributed by atoms with Crippen LogP contribution in [-0.2, 0) is 42.9 Å². The predicted octanol–water partition coefficient (Wildman–Crippen LogP) is 6.57. The van der Waals surface area contributed by atoms with Crippen molar-refractivity contribution in [1.29, 1.82) is 0 Å². The standard InChI is InChI=1S/C53H63Cl2FN8O7/c1-61-41-27-31(14-19-39(41)64(51(61)71)40-20-21-43(65)59-47(40)66)9-4-2-7-24-62-25-26-63(42(30-62)49(68)69)29-32-12-16-34(17-13-32)57-48(67)46-44(35-10-8-11-37(55)45(35)56)53(52(60-46)22-5-3-6-23-52)36-18-15-33(54)28-38(36)58-50(53)70/h8,10-11,14-15,18-19,27-28,32,34,40,42,44,46,60H,2-7,9,12-13,16-17,20-26,29-30H2,1H3,(H,57,67)(H,58,70)(H,68,69)(H,59,65,66)/t32?,34?,40?,42-,44+,46-,53-/m1/s1. The average Bonchev–Trinajstić information content (AvgIpc) is 3.90. The molecule has 1 aromatic heterocycles. The lowest BCUT2D eigenvalue weighted by atomic mass is 9.55. The van der Waals surface area contributed by atoms with Gasteiger partial charge in [0.15, 0.2) is 0 Å². The van der Waals surface area contributed by atoms with E-state index in [1.807, 2.05) is 24.3 Å². The molecule has 18 heteroatoms. The van der Waals surface area contributed by atoms with Crippen molar-refractivity contribution in [3.63, 3.8) is 0 Å². The first-order valence-corrected chi connectivity index (χ1v) is 26.3. The van der Waals surface area contributed by atoms with E-state index in [-0.39, 0.29) is 58.8 Å². The highest BCUT2D eigenvalue weighted by molar-refractivity contribution is 6.31. The third kappa shape index (κ3) is 8.99. The minimum absolute atomic E-state index is 0.0702. The van der Waals surface area contributed by atoms with Gasteiger partial charge in [0.2, 0.25) is 23.6 Å². The van der Waals surface area contributed by atoms with Crippen LogP contribution in [0.25, 0.3) is 11.0 Å². The van der Waals surface area contributed by atoms with Crippen LogP contribution in [0.3, 0.4) is 0 Å². The predicted molar refractivity (Wildman–Crippen MR) is 268 cm³/mol. The Kier molecular flexibility index (Phi) is 14.0. The molecule has 4 aromatic rings. The topological polar surface area (TPSA) is 187 Å². The highest BCUT2D eigenvalue weighted by Crippen LogP contribution is 2.63. The average molecular weight is 1010 g/mol. The molecule has 2 saturated carbocycles. The maximum absolute atomic E-state index is 16.4. The minimum atomic E-state index is -1.30. The summed E-state index contributed by atoms with van der Waals surface area (Å²) in [6.07, 6.45) is 11.2. The van der Waals surface area contributed by atoms with Gasteiger partial charge in [0.1, 0.15) is 23.3 Å². The lowest BCUT2D eigenvalue weighted by Gasteiger charge is -2.47. The number of imide groups is 1. The van der Waals surface area contributed by atoms with Crippen molar-refractivity contribution in [3.05, 3.63) is 97.6 Å². The number of carboxylic acids is 1. The zero-order valence-corrected chi connectivity index (χ0v) is 41.6. The van der Waals surface area contributed by atoms with Crippen LogP contribution < -0.4 is 27.0 Å². The number of imidazole rings is 1. The molecule has 2 aliphatic carbocycles. The molecule has 1 unspecified atom stereocenters. The molecule has 2 spiro atoms. The van der Waals surface area contributed by atoms with Gasteiger partial charge in [-0.3, -0.25) is 53.5 Å². The van der Waals surface area contributed by atoms with E-state index in [2.05, 4.69) is 31.1 Å². The van der Waals surface area contributed by atoms with Crippen LogP contribution >= 0.6 is 23.2 Å². The Bertz CT molecular complexity index is 2820. The molecule has 5 heterocycles. The molecule has 71 heavy (non-hydrogen) atoms. The molecular weight excluding hydrogens is 951 g/mol. The number of amides is 4. The molecule has 0 bridgehead atoms. The van der Waals surface area contributed by atoms with E-state index in [0.29, 0.717) is 54.3 Å². The van der Waals surface area contributed by atoms with E-state index in [4.69, 9.17) is 23.2 Å². The van der Waals surface area contributed by atoms with Crippen LogP contribution in [0.2, 0.25) is 10.0 Å². The maximum atomic E-state index is 16.4. The Labute approximate surface area is 422 Å². The molecule has 0 radical (unpaired) electrons. The number of aliphatic carboxylic acids is 1. The van der Waals surface area contributed by atoms with Gasteiger partial charge in [-0.25, -0.2) is 9.18 Å². The fourth-order valence-electron chi connectivity index (χ4n) is 13.5. The number of piperazine rings is 1.